The third-order valence-corrected chi connectivity index (χ3v) is 11.2. The second-order valence-corrected chi connectivity index (χ2v) is 12.1. The fraction of sp³-hybridized carbons (Fsp3) is 1.00. The van der Waals surface area contributed by atoms with Crippen molar-refractivity contribution in [2.24, 2.45) is 0 Å². The summed E-state index contributed by atoms with van der Waals surface area (Å²) in [5, 5.41) is 0. The van der Waals surface area contributed by atoms with Gasteiger partial charge in [0.05, 0.1) is 0 Å². The van der Waals surface area contributed by atoms with E-state index >= 15 is 0 Å². The van der Waals surface area contributed by atoms with Crippen LogP contribution in [-0.2, 0) is 0 Å². The first-order chi connectivity index (χ1) is 13.4. The van der Waals surface area contributed by atoms with Gasteiger partial charge in [-0.15, -0.1) is 0 Å². The molecule has 0 saturated heterocycles. The Balaban J connectivity index is 1.49. The molecule has 2 nitrogen and oxygen atoms in total. The van der Waals surface area contributed by atoms with Crippen LogP contribution in [-0.4, -0.2) is 43.1 Å². The van der Waals surface area contributed by atoms with Crippen molar-refractivity contribution in [3.63, 3.8) is 0 Å². The standard InChI is InChI=1S/C24H46N2Si/c1-5-13-21(14-6-1)25(22-15-7-2-8-16-22)27-26(23-17-9-3-10-18-23)24-19-11-4-12-20-24/h21-24H,1-20,27H2. The predicted molar refractivity (Wildman–Crippen MR) is 120 cm³/mol. The van der Waals surface area contributed by atoms with Crippen LogP contribution in [0.5, 0.6) is 0 Å². The highest BCUT2D eigenvalue weighted by molar-refractivity contribution is 6.29. The molecule has 3 heteroatoms. The minimum Gasteiger partial charge on any atom is -0.311 e. The van der Waals surface area contributed by atoms with Crippen LogP contribution >= 0.6 is 0 Å². The van der Waals surface area contributed by atoms with Gasteiger partial charge in [-0.3, -0.25) is 0 Å². The number of hydrogen-bond acceptors (Lipinski definition) is 2. The lowest BCUT2D eigenvalue weighted by Crippen LogP contribution is -2.58. The van der Waals surface area contributed by atoms with Gasteiger partial charge in [-0.2, -0.15) is 0 Å². The summed E-state index contributed by atoms with van der Waals surface area (Å²) < 4.78 is 6.45. The molecule has 0 spiro atoms. The Labute approximate surface area is 171 Å². The molecule has 0 atom stereocenters. The molecule has 4 fully saturated rings. The molecule has 0 aromatic heterocycles. The smallest absolute Gasteiger partial charge is 0.173 e. The molecular formula is C24H46N2Si. The van der Waals surface area contributed by atoms with Crippen LogP contribution in [0, 0.1) is 0 Å². The van der Waals surface area contributed by atoms with Gasteiger partial charge in [0.15, 0.2) is 9.84 Å². The maximum Gasteiger partial charge on any atom is 0.173 e. The molecule has 4 saturated carbocycles. The lowest BCUT2D eigenvalue weighted by molar-refractivity contribution is 0.119. The molecule has 0 aromatic rings. The zero-order valence-corrected chi connectivity index (χ0v) is 19.5. The summed E-state index contributed by atoms with van der Waals surface area (Å²) in [6, 6.07) is 3.85. The van der Waals surface area contributed by atoms with E-state index < -0.39 is 0 Å². The van der Waals surface area contributed by atoms with E-state index in [1.807, 2.05) is 0 Å². The van der Waals surface area contributed by atoms with Gasteiger partial charge in [0.1, 0.15) is 0 Å². The Kier molecular flexibility index (Phi) is 8.15. The molecule has 0 amide bonds. The highest BCUT2D eigenvalue weighted by atomic mass is 28.2. The Morgan fingerprint density at radius 2 is 0.556 bits per heavy atom. The maximum absolute atomic E-state index is 3.22. The summed E-state index contributed by atoms with van der Waals surface area (Å²) in [4.78, 5) is 0. The van der Waals surface area contributed by atoms with E-state index in [1.165, 1.54) is 128 Å². The lowest BCUT2D eigenvalue weighted by Gasteiger charge is -2.49. The number of hydrogen-bond donors (Lipinski definition) is 0. The van der Waals surface area contributed by atoms with Crippen molar-refractivity contribution >= 4 is 9.84 Å². The first-order valence-electron chi connectivity index (χ1n) is 12.9. The third kappa shape index (κ3) is 5.60. The minimum atomic E-state index is -0.273. The molecule has 0 radical (unpaired) electrons. The van der Waals surface area contributed by atoms with E-state index in [2.05, 4.69) is 9.13 Å². The van der Waals surface area contributed by atoms with Crippen molar-refractivity contribution in [2.75, 3.05) is 0 Å². The van der Waals surface area contributed by atoms with Crippen LogP contribution in [0.15, 0.2) is 0 Å². The summed E-state index contributed by atoms with van der Waals surface area (Å²) in [6.45, 7) is 0. The van der Waals surface area contributed by atoms with E-state index in [4.69, 9.17) is 0 Å². The van der Waals surface area contributed by atoms with Gasteiger partial charge in [-0.05, 0) is 51.4 Å². The van der Waals surface area contributed by atoms with E-state index in [0.717, 1.165) is 24.2 Å². The maximum atomic E-state index is 3.22. The molecule has 4 rings (SSSR count). The Bertz CT molecular complexity index is 331. The highest BCUT2D eigenvalue weighted by Gasteiger charge is 2.35. The van der Waals surface area contributed by atoms with Crippen LogP contribution in [0.25, 0.3) is 0 Å². The molecular weight excluding hydrogens is 344 g/mol. The van der Waals surface area contributed by atoms with E-state index in [0.29, 0.717) is 0 Å². The monoisotopic (exact) mass is 390 g/mol. The third-order valence-electron chi connectivity index (χ3n) is 8.50. The van der Waals surface area contributed by atoms with Crippen molar-refractivity contribution in [1.29, 1.82) is 0 Å². The number of nitrogens with zero attached hydrogens (tertiary/aromatic N) is 2. The van der Waals surface area contributed by atoms with Gasteiger partial charge in [0.2, 0.25) is 0 Å². The molecule has 0 aliphatic heterocycles. The van der Waals surface area contributed by atoms with Crippen molar-refractivity contribution < 1.29 is 0 Å². The Morgan fingerprint density at radius 1 is 0.333 bits per heavy atom. The largest absolute Gasteiger partial charge is 0.311 e. The summed E-state index contributed by atoms with van der Waals surface area (Å²) in [6.07, 6.45) is 30.3. The van der Waals surface area contributed by atoms with E-state index in [-0.39, 0.29) is 9.84 Å². The van der Waals surface area contributed by atoms with Crippen molar-refractivity contribution in [3.8, 4) is 0 Å². The average Bonchev–Trinajstić information content (AvgIpc) is 2.77. The fourth-order valence-corrected chi connectivity index (χ4v) is 9.66. The normalized spacial score (nSPS) is 28.2. The summed E-state index contributed by atoms with van der Waals surface area (Å²) >= 11 is 0. The molecule has 4 aliphatic rings. The van der Waals surface area contributed by atoms with Crippen molar-refractivity contribution in [3.05, 3.63) is 0 Å². The summed E-state index contributed by atoms with van der Waals surface area (Å²) in [7, 11) is -0.273. The number of rotatable bonds is 6. The molecule has 27 heavy (non-hydrogen) atoms. The van der Waals surface area contributed by atoms with Gasteiger partial charge < -0.3 is 9.13 Å². The molecule has 0 N–H and O–H groups in total. The van der Waals surface area contributed by atoms with Crippen LogP contribution in [0.1, 0.15) is 128 Å². The second-order valence-electron chi connectivity index (χ2n) is 10.3. The van der Waals surface area contributed by atoms with Crippen LogP contribution in [0.2, 0.25) is 0 Å². The Morgan fingerprint density at radius 3 is 0.778 bits per heavy atom. The van der Waals surface area contributed by atoms with Gasteiger partial charge in [-0.25, -0.2) is 0 Å². The van der Waals surface area contributed by atoms with Gasteiger partial charge in [0, 0.05) is 24.2 Å². The van der Waals surface area contributed by atoms with E-state index in [1.54, 1.807) is 0 Å². The summed E-state index contributed by atoms with van der Waals surface area (Å²) in [5.74, 6) is 0. The van der Waals surface area contributed by atoms with Crippen LogP contribution < -0.4 is 0 Å². The zero-order chi connectivity index (χ0) is 18.3. The molecule has 4 aliphatic carbocycles. The van der Waals surface area contributed by atoms with Gasteiger partial charge in [-0.1, -0.05) is 77.0 Å². The highest BCUT2D eigenvalue weighted by Crippen LogP contribution is 2.34. The molecule has 0 unspecified atom stereocenters. The molecule has 0 heterocycles. The fourth-order valence-electron chi connectivity index (χ4n) is 6.90. The molecule has 0 aromatic carbocycles. The first-order valence-corrected chi connectivity index (χ1v) is 14.2. The Hall–Kier alpha value is 0.137. The predicted octanol–water partition coefficient (Wildman–Crippen LogP) is 5.92. The second kappa shape index (κ2) is 10.8. The van der Waals surface area contributed by atoms with Gasteiger partial charge >= 0.3 is 0 Å². The van der Waals surface area contributed by atoms with Gasteiger partial charge in [0.25, 0.3) is 0 Å². The first kappa shape index (κ1) is 20.4. The quantitative estimate of drug-likeness (QED) is 0.519. The molecule has 0 bridgehead atoms. The van der Waals surface area contributed by atoms with Crippen LogP contribution in [0.4, 0.5) is 0 Å². The lowest BCUT2D eigenvalue weighted by atomic mass is 9.90. The topological polar surface area (TPSA) is 6.48 Å². The van der Waals surface area contributed by atoms with E-state index in [9.17, 15) is 0 Å². The van der Waals surface area contributed by atoms with Crippen LogP contribution in [0.3, 0.4) is 0 Å². The zero-order valence-electron chi connectivity index (χ0n) is 18.1. The van der Waals surface area contributed by atoms with Crippen molar-refractivity contribution in [1.82, 2.24) is 9.13 Å². The SMILES string of the molecule is C1CCC(N([SiH2]N(C2CCCCC2)C2CCCCC2)C2CCCCC2)CC1. The molecule has 156 valence electrons. The van der Waals surface area contributed by atoms with Crippen molar-refractivity contribution in [2.45, 2.75) is 153 Å². The minimum absolute atomic E-state index is 0.273. The average molecular weight is 391 g/mol. The summed E-state index contributed by atoms with van der Waals surface area (Å²) in [5.41, 5.74) is 0.